The Labute approximate surface area is 226 Å². The molecule has 0 unspecified atom stereocenters. The lowest BCUT2D eigenvalue weighted by Crippen LogP contribution is -2.51. The molecule has 0 radical (unpaired) electrons. The van der Waals surface area contributed by atoms with E-state index in [1.807, 2.05) is 16.9 Å². The Morgan fingerprint density at radius 1 is 1.16 bits per heavy atom. The maximum absolute atomic E-state index is 14.7. The molecule has 3 fully saturated rings. The highest BCUT2D eigenvalue weighted by atomic mass is 35.5. The maximum atomic E-state index is 14.7. The van der Waals surface area contributed by atoms with Crippen LogP contribution in [0.1, 0.15) is 37.3 Å². The molecule has 1 amide bonds. The number of halogens is 2. The molecular weight excluding hydrogens is 507 g/mol. The van der Waals surface area contributed by atoms with Gasteiger partial charge in [0, 0.05) is 44.6 Å². The highest BCUT2D eigenvalue weighted by Crippen LogP contribution is 2.49. The minimum absolute atomic E-state index is 0.0602. The molecule has 0 N–H and O–H groups in total. The lowest BCUT2D eigenvalue weighted by Gasteiger charge is -2.39. The molecule has 2 aromatic heterocycles. The van der Waals surface area contributed by atoms with Crippen LogP contribution in [0.5, 0.6) is 5.75 Å². The van der Waals surface area contributed by atoms with Gasteiger partial charge in [-0.3, -0.25) is 9.48 Å². The first kappa shape index (κ1) is 25.1. The van der Waals surface area contributed by atoms with E-state index in [1.165, 1.54) is 12.5 Å². The van der Waals surface area contributed by atoms with E-state index in [-0.39, 0.29) is 24.2 Å². The SMILES string of the molecule is O=C(Cc1ccc(OCC[C@@H]2C[C@@H]2C2CCN(c3ncc(Cl)cn3)CC2)cc1F)N1CC(n2cccn2)C1. The second kappa shape index (κ2) is 10.9. The van der Waals surface area contributed by atoms with Gasteiger partial charge in [0.1, 0.15) is 11.6 Å². The van der Waals surface area contributed by atoms with Crippen molar-refractivity contribution in [2.75, 3.05) is 37.7 Å². The fraction of sp³-hybridized carbons (Fsp3) is 0.500. The lowest BCUT2D eigenvalue weighted by molar-refractivity contribution is -0.136. The molecule has 200 valence electrons. The second-order valence-corrected chi connectivity index (χ2v) is 11.1. The molecule has 3 aromatic rings. The summed E-state index contributed by atoms with van der Waals surface area (Å²) in [5, 5.41) is 4.78. The molecule has 38 heavy (non-hydrogen) atoms. The van der Waals surface area contributed by atoms with Gasteiger partial charge in [-0.25, -0.2) is 14.4 Å². The summed E-state index contributed by atoms with van der Waals surface area (Å²) in [7, 11) is 0. The van der Waals surface area contributed by atoms with Gasteiger partial charge in [-0.2, -0.15) is 5.10 Å². The van der Waals surface area contributed by atoms with Gasteiger partial charge < -0.3 is 14.5 Å². The van der Waals surface area contributed by atoms with Gasteiger partial charge in [0.05, 0.1) is 36.5 Å². The Hall–Kier alpha value is -3.20. The third-order valence-electron chi connectivity index (χ3n) is 8.25. The largest absolute Gasteiger partial charge is 0.493 e. The topological polar surface area (TPSA) is 76.4 Å². The van der Waals surface area contributed by atoms with E-state index in [4.69, 9.17) is 16.3 Å². The van der Waals surface area contributed by atoms with Crippen molar-refractivity contribution in [1.29, 1.82) is 0 Å². The van der Waals surface area contributed by atoms with Gasteiger partial charge in [-0.1, -0.05) is 17.7 Å². The molecule has 0 bridgehead atoms. The van der Waals surface area contributed by atoms with E-state index in [0.29, 0.717) is 41.9 Å². The summed E-state index contributed by atoms with van der Waals surface area (Å²) in [6.45, 7) is 3.76. The molecule has 6 rings (SSSR count). The third kappa shape index (κ3) is 5.62. The minimum Gasteiger partial charge on any atom is -0.493 e. The number of ether oxygens (including phenoxy) is 1. The number of benzene rings is 1. The second-order valence-electron chi connectivity index (χ2n) is 10.7. The molecule has 1 saturated carbocycles. The zero-order valence-electron chi connectivity index (χ0n) is 21.3. The van der Waals surface area contributed by atoms with Crippen molar-refractivity contribution in [3.63, 3.8) is 0 Å². The summed E-state index contributed by atoms with van der Waals surface area (Å²) in [4.78, 5) is 25.2. The fourth-order valence-electron chi connectivity index (χ4n) is 5.86. The highest BCUT2D eigenvalue weighted by molar-refractivity contribution is 6.30. The number of carbonyl (C=O) groups excluding carboxylic acids is 1. The number of nitrogens with zero attached hydrogens (tertiary/aromatic N) is 6. The number of hydrogen-bond donors (Lipinski definition) is 0. The summed E-state index contributed by atoms with van der Waals surface area (Å²) in [5.41, 5.74) is 0.405. The van der Waals surface area contributed by atoms with Crippen molar-refractivity contribution in [2.24, 2.45) is 17.8 Å². The smallest absolute Gasteiger partial charge is 0.227 e. The summed E-state index contributed by atoms with van der Waals surface area (Å²) in [6, 6.07) is 6.93. The average molecular weight is 539 g/mol. The summed E-state index contributed by atoms with van der Waals surface area (Å²) < 4.78 is 22.4. The molecular formula is C28H32ClFN6O2. The Kier molecular flexibility index (Phi) is 7.19. The third-order valence-corrected chi connectivity index (χ3v) is 8.44. The minimum atomic E-state index is -0.388. The van der Waals surface area contributed by atoms with Crippen LogP contribution in [0.25, 0.3) is 0 Å². The molecule has 2 aliphatic heterocycles. The molecule has 1 aromatic carbocycles. The average Bonchev–Trinajstić information content (AvgIpc) is 3.46. The van der Waals surface area contributed by atoms with Gasteiger partial charge in [0.2, 0.25) is 11.9 Å². The van der Waals surface area contributed by atoms with Crippen LogP contribution in [0.3, 0.4) is 0 Å². The number of piperidine rings is 1. The Morgan fingerprint density at radius 2 is 1.95 bits per heavy atom. The van der Waals surface area contributed by atoms with E-state index in [9.17, 15) is 9.18 Å². The maximum Gasteiger partial charge on any atom is 0.227 e. The van der Waals surface area contributed by atoms with Crippen LogP contribution in [0.4, 0.5) is 10.3 Å². The van der Waals surface area contributed by atoms with Gasteiger partial charge in [-0.05, 0) is 61.1 Å². The van der Waals surface area contributed by atoms with Crippen LogP contribution >= 0.6 is 11.6 Å². The molecule has 0 spiro atoms. The van der Waals surface area contributed by atoms with Gasteiger partial charge in [0.15, 0.2) is 0 Å². The van der Waals surface area contributed by atoms with E-state index < -0.39 is 0 Å². The standard InChI is InChI=1S/C28H32ClFN6O2/c29-22-15-31-28(32-16-22)34-9-4-19(5-10-34)25-12-20(25)6-11-38-24-3-2-21(26(30)14-24)13-27(37)35-17-23(18-35)36-8-1-7-33-36/h1-3,7-8,14-16,19-20,23,25H,4-6,9-13,17-18H2/t20-,25-/m1/s1. The van der Waals surface area contributed by atoms with Crippen molar-refractivity contribution < 1.29 is 13.9 Å². The van der Waals surface area contributed by atoms with Crippen molar-refractivity contribution in [3.05, 3.63) is 65.5 Å². The van der Waals surface area contributed by atoms with Crippen molar-refractivity contribution >= 4 is 23.5 Å². The van der Waals surface area contributed by atoms with Crippen LogP contribution in [-0.2, 0) is 11.2 Å². The van der Waals surface area contributed by atoms with E-state index in [1.54, 1.807) is 35.6 Å². The first-order valence-corrected chi connectivity index (χ1v) is 13.8. The Bertz CT molecular complexity index is 1240. The molecule has 3 aliphatic rings. The van der Waals surface area contributed by atoms with Crippen LogP contribution < -0.4 is 9.64 Å². The molecule has 1 aliphatic carbocycles. The highest BCUT2D eigenvalue weighted by Gasteiger charge is 2.43. The van der Waals surface area contributed by atoms with E-state index in [0.717, 1.165) is 50.1 Å². The quantitative estimate of drug-likeness (QED) is 0.401. The number of carbonyl (C=O) groups is 1. The van der Waals surface area contributed by atoms with Crippen LogP contribution in [0.2, 0.25) is 5.02 Å². The van der Waals surface area contributed by atoms with Crippen molar-refractivity contribution in [2.45, 2.75) is 38.1 Å². The van der Waals surface area contributed by atoms with Gasteiger partial charge in [0.25, 0.3) is 0 Å². The molecule has 4 heterocycles. The molecule has 8 nitrogen and oxygen atoms in total. The molecule has 2 atom stereocenters. The zero-order chi connectivity index (χ0) is 26.1. The number of hydrogen-bond acceptors (Lipinski definition) is 6. The predicted octanol–water partition coefficient (Wildman–Crippen LogP) is 4.41. The summed E-state index contributed by atoms with van der Waals surface area (Å²) in [5.74, 6) is 3.01. The van der Waals surface area contributed by atoms with Crippen LogP contribution in [0, 0.1) is 23.6 Å². The van der Waals surface area contributed by atoms with Crippen LogP contribution in [-0.4, -0.2) is 63.3 Å². The van der Waals surface area contributed by atoms with Crippen LogP contribution in [0.15, 0.2) is 49.1 Å². The van der Waals surface area contributed by atoms with E-state index in [2.05, 4.69) is 20.0 Å². The number of anilines is 1. The fourth-order valence-corrected chi connectivity index (χ4v) is 5.96. The van der Waals surface area contributed by atoms with Gasteiger partial charge >= 0.3 is 0 Å². The Morgan fingerprint density at radius 3 is 2.66 bits per heavy atom. The summed E-state index contributed by atoms with van der Waals surface area (Å²) in [6.07, 6.45) is 11.5. The monoisotopic (exact) mass is 538 g/mol. The van der Waals surface area contributed by atoms with Crippen molar-refractivity contribution in [3.8, 4) is 5.75 Å². The molecule has 10 heteroatoms. The first-order chi connectivity index (χ1) is 18.5. The molecule has 2 saturated heterocycles. The number of aromatic nitrogens is 4. The van der Waals surface area contributed by atoms with E-state index >= 15 is 0 Å². The number of amides is 1. The summed E-state index contributed by atoms with van der Waals surface area (Å²) >= 11 is 5.90. The zero-order valence-corrected chi connectivity index (χ0v) is 22.0. The lowest BCUT2D eigenvalue weighted by atomic mass is 9.90. The predicted molar refractivity (Wildman–Crippen MR) is 142 cm³/mol. The number of rotatable bonds is 9. The van der Waals surface area contributed by atoms with Gasteiger partial charge in [-0.15, -0.1) is 0 Å². The van der Waals surface area contributed by atoms with Crippen molar-refractivity contribution in [1.82, 2.24) is 24.6 Å². The normalized spacial score (nSPS) is 21.8. The Balaban J connectivity index is 0.900. The number of likely N-dealkylation sites (tertiary alicyclic amines) is 1. The first-order valence-electron chi connectivity index (χ1n) is 13.4.